The van der Waals surface area contributed by atoms with Gasteiger partial charge in [0.1, 0.15) is 17.3 Å². The fourth-order valence-corrected chi connectivity index (χ4v) is 3.27. The molecule has 0 heterocycles. The van der Waals surface area contributed by atoms with Gasteiger partial charge in [0.05, 0.1) is 0 Å². The van der Waals surface area contributed by atoms with Crippen molar-refractivity contribution in [1.29, 1.82) is 0 Å². The summed E-state index contributed by atoms with van der Waals surface area (Å²) in [5.74, 6) is -2.51. The molecule has 0 atom stereocenters. The Morgan fingerprint density at radius 3 is 1.85 bits per heavy atom. The maximum Gasteiger partial charge on any atom is 0.255 e. The molecule has 2 aromatic rings. The van der Waals surface area contributed by atoms with Gasteiger partial charge in [0.25, 0.3) is 11.8 Å². The van der Waals surface area contributed by atoms with Gasteiger partial charge in [-0.1, -0.05) is 31.7 Å². The van der Waals surface area contributed by atoms with Crippen molar-refractivity contribution < 1.29 is 18.4 Å². The SMILES string of the molecule is O=C(Nc1c(F)cccc1F)c1ccc(C(=O)NC2CCCCCC2)cc1. The Labute approximate surface area is 157 Å². The van der Waals surface area contributed by atoms with Crippen LogP contribution in [-0.4, -0.2) is 17.9 Å². The molecule has 1 aliphatic rings. The molecule has 0 aromatic heterocycles. The maximum absolute atomic E-state index is 13.6. The van der Waals surface area contributed by atoms with Gasteiger partial charge in [0, 0.05) is 17.2 Å². The van der Waals surface area contributed by atoms with Gasteiger partial charge >= 0.3 is 0 Å². The molecule has 0 radical (unpaired) electrons. The van der Waals surface area contributed by atoms with E-state index in [9.17, 15) is 18.4 Å². The van der Waals surface area contributed by atoms with Gasteiger partial charge in [-0.3, -0.25) is 9.59 Å². The van der Waals surface area contributed by atoms with Crippen LogP contribution < -0.4 is 10.6 Å². The number of halogens is 2. The second kappa shape index (κ2) is 8.75. The average molecular weight is 372 g/mol. The van der Waals surface area contributed by atoms with Crippen LogP contribution >= 0.6 is 0 Å². The number of amides is 2. The fraction of sp³-hybridized carbons (Fsp3) is 0.333. The van der Waals surface area contributed by atoms with E-state index in [-0.39, 0.29) is 17.5 Å². The third kappa shape index (κ3) is 4.90. The van der Waals surface area contributed by atoms with Gasteiger partial charge in [0.2, 0.25) is 0 Å². The molecule has 0 aliphatic heterocycles. The summed E-state index contributed by atoms with van der Waals surface area (Å²) < 4.78 is 27.3. The summed E-state index contributed by atoms with van der Waals surface area (Å²) in [6.07, 6.45) is 6.63. The standard InChI is InChI=1S/C21H22F2N2O2/c22-17-8-5-9-18(23)19(17)25-21(27)15-12-10-14(11-13-15)20(26)24-16-6-3-1-2-4-7-16/h5,8-13,16H,1-4,6-7H2,(H,24,26)(H,25,27). The van der Waals surface area contributed by atoms with E-state index in [4.69, 9.17) is 0 Å². The van der Waals surface area contributed by atoms with Crippen LogP contribution in [0.5, 0.6) is 0 Å². The van der Waals surface area contributed by atoms with Gasteiger partial charge in [-0.25, -0.2) is 8.78 Å². The molecule has 0 unspecified atom stereocenters. The summed E-state index contributed by atoms with van der Waals surface area (Å²) in [5.41, 5.74) is 0.175. The highest BCUT2D eigenvalue weighted by Gasteiger charge is 2.17. The number of hydrogen-bond donors (Lipinski definition) is 2. The minimum absolute atomic E-state index is 0.172. The minimum Gasteiger partial charge on any atom is -0.349 e. The molecule has 2 aromatic carbocycles. The van der Waals surface area contributed by atoms with E-state index < -0.39 is 23.2 Å². The second-order valence-electron chi connectivity index (χ2n) is 6.79. The molecule has 1 aliphatic carbocycles. The predicted molar refractivity (Wildman–Crippen MR) is 99.7 cm³/mol. The monoisotopic (exact) mass is 372 g/mol. The minimum atomic E-state index is -0.845. The van der Waals surface area contributed by atoms with E-state index in [2.05, 4.69) is 10.6 Å². The lowest BCUT2D eigenvalue weighted by Gasteiger charge is -2.16. The summed E-state index contributed by atoms with van der Waals surface area (Å²) in [6, 6.07) is 9.57. The summed E-state index contributed by atoms with van der Waals surface area (Å²) in [4.78, 5) is 24.6. The normalized spacial score (nSPS) is 15.0. The molecule has 4 nitrogen and oxygen atoms in total. The van der Waals surface area contributed by atoms with Gasteiger partial charge in [-0.05, 0) is 49.2 Å². The Morgan fingerprint density at radius 1 is 0.778 bits per heavy atom. The largest absolute Gasteiger partial charge is 0.349 e. The summed E-state index contributed by atoms with van der Waals surface area (Å²) >= 11 is 0. The third-order valence-corrected chi connectivity index (χ3v) is 4.80. The number of para-hydroxylation sites is 1. The Bertz CT molecular complexity index is 793. The van der Waals surface area contributed by atoms with E-state index in [0.29, 0.717) is 5.56 Å². The summed E-state index contributed by atoms with van der Waals surface area (Å²) in [6.45, 7) is 0. The van der Waals surface area contributed by atoms with Crippen LogP contribution in [0.3, 0.4) is 0 Å². The zero-order valence-corrected chi connectivity index (χ0v) is 14.9. The molecule has 0 spiro atoms. The van der Waals surface area contributed by atoms with Crippen LogP contribution in [0, 0.1) is 11.6 Å². The zero-order chi connectivity index (χ0) is 19.2. The second-order valence-corrected chi connectivity index (χ2v) is 6.79. The number of rotatable bonds is 4. The number of benzene rings is 2. The van der Waals surface area contributed by atoms with Gasteiger partial charge in [0.15, 0.2) is 0 Å². The first-order valence-corrected chi connectivity index (χ1v) is 9.21. The Balaban J connectivity index is 1.64. The molecule has 1 fully saturated rings. The highest BCUT2D eigenvalue weighted by Crippen LogP contribution is 2.20. The van der Waals surface area contributed by atoms with Crippen molar-refractivity contribution in [3.8, 4) is 0 Å². The quantitative estimate of drug-likeness (QED) is 0.767. The maximum atomic E-state index is 13.6. The number of carbonyl (C=O) groups excluding carboxylic acids is 2. The molecule has 27 heavy (non-hydrogen) atoms. The molecular weight excluding hydrogens is 350 g/mol. The Morgan fingerprint density at radius 2 is 1.30 bits per heavy atom. The fourth-order valence-electron chi connectivity index (χ4n) is 3.27. The van der Waals surface area contributed by atoms with Crippen LogP contribution in [0.25, 0.3) is 0 Å². The van der Waals surface area contributed by atoms with Gasteiger partial charge < -0.3 is 10.6 Å². The smallest absolute Gasteiger partial charge is 0.255 e. The van der Waals surface area contributed by atoms with E-state index >= 15 is 0 Å². The molecule has 2 N–H and O–H groups in total. The lowest BCUT2D eigenvalue weighted by atomic mass is 10.1. The lowest BCUT2D eigenvalue weighted by Crippen LogP contribution is -2.34. The molecule has 3 rings (SSSR count). The van der Waals surface area contributed by atoms with E-state index in [1.54, 1.807) is 12.1 Å². The summed E-state index contributed by atoms with van der Waals surface area (Å²) in [7, 11) is 0. The number of carbonyl (C=O) groups is 2. The Kier molecular flexibility index (Phi) is 6.16. The van der Waals surface area contributed by atoms with Gasteiger partial charge in [-0.2, -0.15) is 0 Å². The molecular formula is C21H22F2N2O2. The van der Waals surface area contributed by atoms with Crippen molar-refractivity contribution in [2.75, 3.05) is 5.32 Å². The number of nitrogens with one attached hydrogen (secondary N) is 2. The number of anilines is 1. The molecule has 142 valence electrons. The van der Waals surface area contributed by atoms with Crippen LogP contribution in [0.4, 0.5) is 14.5 Å². The van der Waals surface area contributed by atoms with Crippen molar-refractivity contribution in [1.82, 2.24) is 5.32 Å². The molecule has 1 saturated carbocycles. The molecule has 0 bridgehead atoms. The molecule has 6 heteroatoms. The average Bonchev–Trinajstić information content (AvgIpc) is 2.93. The van der Waals surface area contributed by atoms with Gasteiger partial charge in [-0.15, -0.1) is 0 Å². The first kappa shape index (κ1) is 19.0. The van der Waals surface area contributed by atoms with E-state index in [1.807, 2.05) is 0 Å². The van der Waals surface area contributed by atoms with Crippen molar-refractivity contribution in [3.05, 3.63) is 65.2 Å². The first-order chi connectivity index (χ1) is 13.0. The van der Waals surface area contributed by atoms with Crippen molar-refractivity contribution in [2.24, 2.45) is 0 Å². The molecule has 0 saturated heterocycles. The third-order valence-electron chi connectivity index (χ3n) is 4.80. The lowest BCUT2D eigenvalue weighted by molar-refractivity contribution is 0.0932. The van der Waals surface area contributed by atoms with Crippen LogP contribution in [-0.2, 0) is 0 Å². The zero-order valence-electron chi connectivity index (χ0n) is 14.9. The van der Waals surface area contributed by atoms with Crippen LogP contribution in [0.15, 0.2) is 42.5 Å². The van der Waals surface area contributed by atoms with Crippen molar-refractivity contribution in [3.63, 3.8) is 0 Å². The summed E-state index contributed by atoms with van der Waals surface area (Å²) in [5, 5.41) is 5.27. The predicted octanol–water partition coefficient (Wildman–Crippen LogP) is 4.67. The highest BCUT2D eigenvalue weighted by molar-refractivity contribution is 6.05. The molecule has 2 amide bonds. The van der Waals surface area contributed by atoms with Crippen LogP contribution in [0.2, 0.25) is 0 Å². The van der Waals surface area contributed by atoms with Crippen LogP contribution in [0.1, 0.15) is 59.2 Å². The van der Waals surface area contributed by atoms with Crippen molar-refractivity contribution >= 4 is 17.5 Å². The van der Waals surface area contributed by atoms with E-state index in [1.165, 1.54) is 31.0 Å². The first-order valence-electron chi connectivity index (χ1n) is 9.21. The van der Waals surface area contributed by atoms with E-state index in [0.717, 1.165) is 37.8 Å². The highest BCUT2D eigenvalue weighted by atomic mass is 19.1. The van der Waals surface area contributed by atoms with Crippen molar-refractivity contribution in [2.45, 2.75) is 44.6 Å². The number of hydrogen-bond acceptors (Lipinski definition) is 2. The Hall–Kier alpha value is -2.76. The topological polar surface area (TPSA) is 58.2 Å².